The summed E-state index contributed by atoms with van der Waals surface area (Å²) in [7, 11) is 0. The largest absolute Gasteiger partial charge is 0.334 e. The van der Waals surface area contributed by atoms with Crippen LogP contribution in [0.5, 0.6) is 0 Å². The van der Waals surface area contributed by atoms with Gasteiger partial charge in [-0.1, -0.05) is 61.4 Å². The van der Waals surface area contributed by atoms with Crippen molar-refractivity contribution in [3.05, 3.63) is 64.3 Å². The Bertz CT molecular complexity index is 749. The van der Waals surface area contributed by atoms with Gasteiger partial charge >= 0.3 is 0 Å². The molecule has 0 saturated heterocycles. The van der Waals surface area contributed by atoms with Crippen molar-refractivity contribution in [1.29, 1.82) is 0 Å². The third-order valence-electron chi connectivity index (χ3n) is 5.21. The Morgan fingerprint density at radius 3 is 2.56 bits per heavy atom. The van der Waals surface area contributed by atoms with Crippen LogP contribution in [0.2, 0.25) is 0 Å². The van der Waals surface area contributed by atoms with Crippen LogP contribution in [0, 0.1) is 19.8 Å². The van der Waals surface area contributed by atoms with Crippen LogP contribution in [0.4, 0.5) is 0 Å². The van der Waals surface area contributed by atoms with E-state index in [0.717, 1.165) is 13.0 Å². The van der Waals surface area contributed by atoms with Gasteiger partial charge in [0.15, 0.2) is 0 Å². The highest BCUT2D eigenvalue weighted by atomic mass is 16.2. The van der Waals surface area contributed by atoms with E-state index in [-0.39, 0.29) is 5.91 Å². The molecule has 0 aliphatic carbocycles. The third-order valence-corrected chi connectivity index (χ3v) is 5.21. The Morgan fingerprint density at radius 2 is 1.92 bits per heavy atom. The normalized spacial score (nSPS) is 15.8. The molecule has 2 heteroatoms. The summed E-state index contributed by atoms with van der Waals surface area (Å²) >= 11 is 0. The molecule has 1 aliphatic heterocycles. The van der Waals surface area contributed by atoms with E-state index in [9.17, 15) is 4.79 Å². The predicted octanol–water partition coefficient (Wildman–Crippen LogP) is 5.47. The van der Waals surface area contributed by atoms with Crippen LogP contribution in [0.15, 0.2) is 47.6 Å². The number of amides is 1. The minimum atomic E-state index is 0.0512. The molecule has 1 aliphatic rings. The number of aryl methyl sites for hydroxylation is 2. The minimum absolute atomic E-state index is 0.0512. The summed E-state index contributed by atoms with van der Waals surface area (Å²) in [6.45, 7) is 18.2. The molecule has 0 radical (unpaired) electrons. The van der Waals surface area contributed by atoms with E-state index in [1.807, 2.05) is 11.0 Å². The van der Waals surface area contributed by atoms with Gasteiger partial charge < -0.3 is 4.90 Å². The quantitative estimate of drug-likeness (QED) is 0.527. The van der Waals surface area contributed by atoms with Gasteiger partial charge in [0, 0.05) is 18.7 Å². The molecule has 0 saturated carbocycles. The second-order valence-electron chi connectivity index (χ2n) is 7.62. The molecule has 2 nitrogen and oxygen atoms in total. The lowest BCUT2D eigenvalue weighted by Crippen LogP contribution is -2.37. The molecule has 1 aromatic carbocycles. The Morgan fingerprint density at radius 1 is 1.24 bits per heavy atom. The molecule has 0 aromatic heterocycles. The Balaban J connectivity index is 2.25. The first-order valence-electron chi connectivity index (χ1n) is 9.13. The van der Waals surface area contributed by atoms with E-state index in [1.54, 1.807) is 0 Å². The lowest BCUT2D eigenvalue weighted by atomic mass is 9.90. The van der Waals surface area contributed by atoms with Crippen molar-refractivity contribution in [3.8, 4) is 0 Å². The molecule has 0 unspecified atom stereocenters. The van der Waals surface area contributed by atoms with E-state index < -0.39 is 0 Å². The molecule has 0 atom stereocenters. The van der Waals surface area contributed by atoms with E-state index >= 15 is 0 Å². The fourth-order valence-electron chi connectivity index (χ4n) is 3.11. The second kappa shape index (κ2) is 7.86. The van der Waals surface area contributed by atoms with Gasteiger partial charge in [-0.15, -0.1) is 0 Å². The molecule has 0 spiro atoms. The van der Waals surface area contributed by atoms with Gasteiger partial charge in [0.05, 0.1) is 0 Å². The molecule has 2 rings (SSSR count). The maximum Gasteiger partial charge on any atom is 0.253 e. The average molecular weight is 338 g/mol. The smallest absolute Gasteiger partial charge is 0.253 e. The highest BCUT2D eigenvalue weighted by molar-refractivity contribution is 5.97. The van der Waals surface area contributed by atoms with Gasteiger partial charge in [-0.3, -0.25) is 4.79 Å². The lowest BCUT2D eigenvalue weighted by molar-refractivity contribution is -0.126. The molecular formula is C23H31NO. The number of hydrogen-bond acceptors (Lipinski definition) is 1. The molecule has 134 valence electrons. The van der Waals surface area contributed by atoms with Crippen molar-refractivity contribution in [2.24, 2.45) is 5.92 Å². The van der Waals surface area contributed by atoms with Gasteiger partial charge in [0.1, 0.15) is 0 Å². The van der Waals surface area contributed by atoms with E-state index in [0.29, 0.717) is 18.0 Å². The fraction of sp³-hybridized carbons (Fsp3) is 0.435. The van der Waals surface area contributed by atoms with Crippen LogP contribution >= 0.6 is 0 Å². The van der Waals surface area contributed by atoms with E-state index in [1.165, 1.54) is 33.4 Å². The molecule has 1 amide bonds. The fourth-order valence-corrected chi connectivity index (χ4v) is 3.11. The van der Waals surface area contributed by atoms with E-state index in [4.69, 9.17) is 0 Å². The van der Waals surface area contributed by atoms with Gasteiger partial charge in [-0.2, -0.15) is 0 Å². The zero-order valence-corrected chi connectivity index (χ0v) is 16.6. The van der Waals surface area contributed by atoms with Crippen LogP contribution in [-0.4, -0.2) is 23.9 Å². The van der Waals surface area contributed by atoms with Crippen molar-refractivity contribution in [2.75, 3.05) is 13.1 Å². The third kappa shape index (κ3) is 4.50. The monoisotopic (exact) mass is 337 g/mol. The summed E-state index contributed by atoms with van der Waals surface area (Å²) in [5.74, 6) is 0.480. The summed E-state index contributed by atoms with van der Waals surface area (Å²) in [6, 6.07) is 6.54. The van der Waals surface area contributed by atoms with Gasteiger partial charge in [-0.25, -0.2) is 0 Å². The molecule has 25 heavy (non-hydrogen) atoms. The lowest BCUT2D eigenvalue weighted by Gasteiger charge is -2.31. The van der Waals surface area contributed by atoms with E-state index in [2.05, 4.69) is 66.3 Å². The number of benzene rings is 1. The van der Waals surface area contributed by atoms with Gasteiger partial charge in [0.25, 0.3) is 5.91 Å². The van der Waals surface area contributed by atoms with Gasteiger partial charge in [0.2, 0.25) is 0 Å². The average Bonchev–Trinajstić information content (AvgIpc) is 2.56. The van der Waals surface area contributed by atoms with Crippen LogP contribution in [-0.2, 0) is 4.79 Å². The van der Waals surface area contributed by atoms with Crippen LogP contribution in [0.1, 0.15) is 50.8 Å². The number of rotatable bonds is 4. The Labute approximate surface area is 152 Å². The van der Waals surface area contributed by atoms with Crippen molar-refractivity contribution in [1.82, 2.24) is 4.90 Å². The highest BCUT2D eigenvalue weighted by Gasteiger charge is 2.23. The summed E-state index contributed by atoms with van der Waals surface area (Å²) in [5.41, 5.74) is 8.25. The Hall–Kier alpha value is -2.09. The zero-order valence-electron chi connectivity index (χ0n) is 16.6. The summed E-state index contributed by atoms with van der Waals surface area (Å²) in [5, 5.41) is 0. The highest BCUT2D eigenvalue weighted by Crippen LogP contribution is 2.30. The first-order chi connectivity index (χ1) is 11.7. The number of allylic oxidation sites excluding steroid dienone is 1. The molecule has 1 aromatic rings. The van der Waals surface area contributed by atoms with Crippen LogP contribution < -0.4 is 0 Å². The first-order valence-corrected chi connectivity index (χ1v) is 9.13. The van der Waals surface area contributed by atoms with Crippen LogP contribution in [0.25, 0.3) is 5.57 Å². The predicted molar refractivity (Wildman–Crippen MR) is 107 cm³/mol. The first kappa shape index (κ1) is 19.2. The number of hydrogen-bond donors (Lipinski definition) is 0. The SMILES string of the molecule is C=C(/C=C(\C)C(C)C)C(=O)N1CCC(C)=C(c2cc(C)ccc2C)C1. The maximum atomic E-state index is 12.9. The van der Waals surface area contributed by atoms with Crippen molar-refractivity contribution in [3.63, 3.8) is 0 Å². The molecule has 0 bridgehead atoms. The van der Waals surface area contributed by atoms with Crippen molar-refractivity contribution >= 4 is 11.5 Å². The van der Waals surface area contributed by atoms with Crippen molar-refractivity contribution in [2.45, 2.75) is 48.0 Å². The van der Waals surface area contributed by atoms with Crippen LogP contribution in [0.3, 0.4) is 0 Å². The summed E-state index contributed by atoms with van der Waals surface area (Å²) in [4.78, 5) is 14.8. The van der Waals surface area contributed by atoms with Gasteiger partial charge in [-0.05, 0) is 56.7 Å². The zero-order chi connectivity index (χ0) is 18.7. The number of carbonyl (C=O) groups excluding carboxylic acids is 1. The Kier molecular flexibility index (Phi) is 6.05. The molecule has 0 fully saturated rings. The second-order valence-corrected chi connectivity index (χ2v) is 7.62. The summed E-state index contributed by atoms with van der Waals surface area (Å²) < 4.78 is 0. The maximum absolute atomic E-state index is 12.9. The standard InChI is InChI=1S/C23H31NO/c1-15(2)19(6)13-20(7)23(25)24-11-10-18(5)22(14-24)21-12-16(3)8-9-17(21)4/h8-9,12-13,15H,7,10-11,14H2,1-6H3/b19-13+. The minimum Gasteiger partial charge on any atom is -0.334 e. The topological polar surface area (TPSA) is 20.3 Å². The molecule has 1 heterocycles. The van der Waals surface area contributed by atoms with Crippen molar-refractivity contribution < 1.29 is 4.79 Å². The number of nitrogens with zero attached hydrogens (tertiary/aromatic N) is 1. The summed E-state index contributed by atoms with van der Waals surface area (Å²) in [6.07, 6.45) is 2.87. The number of carbonyl (C=O) groups is 1. The molecule has 0 N–H and O–H groups in total. The molecular weight excluding hydrogens is 306 g/mol.